The zero-order valence-corrected chi connectivity index (χ0v) is 23.5. The van der Waals surface area contributed by atoms with Crippen LogP contribution >= 0.6 is 17.2 Å². The molecule has 1 spiro atoms. The molecular weight excluding hydrogens is 482 g/mol. The number of hydrogen-bond acceptors (Lipinski definition) is 6. The van der Waals surface area contributed by atoms with E-state index in [1.54, 1.807) is 0 Å². The van der Waals surface area contributed by atoms with Crippen LogP contribution in [0, 0.1) is 5.41 Å². The summed E-state index contributed by atoms with van der Waals surface area (Å²) >= 11 is 0. The molecular formula is C27H38O6P2. The topological polar surface area (TPSA) is 55.4 Å². The van der Waals surface area contributed by atoms with E-state index in [1.165, 1.54) is 11.1 Å². The highest BCUT2D eigenvalue weighted by molar-refractivity contribution is 7.42. The maximum absolute atomic E-state index is 6.00. The van der Waals surface area contributed by atoms with Gasteiger partial charge in [0.2, 0.25) is 0 Å². The van der Waals surface area contributed by atoms with Crippen LogP contribution in [-0.2, 0) is 51.2 Å². The first-order valence-corrected chi connectivity index (χ1v) is 14.3. The third kappa shape index (κ3) is 7.09. The van der Waals surface area contributed by atoms with Gasteiger partial charge in [-0.15, -0.1) is 0 Å². The van der Waals surface area contributed by atoms with E-state index in [0.29, 0.717) is 39.6 Å². The van der Waals surface area contributed by atoms with E-state index in [-0.39, 0.29) is 16.2 Å². The van der Waals surface area contributed by atoms with Crippen LogP contribution in [0.4, 0.5) is 0 Å². The Morgan fingerprint density at radius 1 is 0.629 bits per heavy atom. The van der Waals surface area contributed by atoms with Crippen molar-refractivity contribution in [1.29, 1.82) is 0 Å². The van der Waals surface area contributed by atoms with Gasteiger partial charge in [-0.3, -0.25) is 0 Å². The van der Waals surface area contributed by atoms with Gasteiger partial charge in [0.1, 0.15) is 0 Å². The molecule has 0 radical (unpaired) electrons. The van der Waals surface area contributed by atoms with Gasteiger partial charge in [0.25, 0.3) is 0 Å². The lowest BCUT2D eigenvalue weighted by molar-refractivity contribution is -0.0772. The molecule has 4 rings (SSSR count). The Hall–Kier alpha value is -0.940. The van der Waals surface area contributed by atoms with Crippen LogP contribution in [0.25, 0.3) is 0 Å². The van der Waals surface area contributed by atoms with Crippen LogP contribution in [0.3, 0.4) is 0 Å². The summed E-state index contributed by atoms with van der Waals surface area (Å²) in [6.45, 7) is 16.1. The maximum Gasteiger partial charge on any atom is 0.333 e. The minimum Gasteiger partial charge on any atom is -0.311 e. The van der Waals surface area contributed by atoms with E-state index in [4.69, 9.17) is 27.1 Å². The zero-order valence-electron chi connectivity index (χ0n) is 21.7. The summed E-state index contributed by atoms with van der Waals surface area (Å²) in [7, 11) is -2.79. The summed E-state index contributed by atoms with van der Waals surface area (Å²) in [5.41, 5.74) is 4.66. The fourth-order valence-corrected chi connectivity index (χ4v) is 6.69. The molecule has 2 saturated heterocycles. The Kier molecular flexibility index (Phi) is 8.68. The molecule has 0 aliphatic carbocycles. The number of benzene rings is 2. The molecule has 2 fully saturated rings. The molecule has 6 nitrogen and oxygen atoms in total. The molecule has 0 bridgehead atoms. The summed E-state index contributed by atoms with van der Waals surface area (Å²) in [4.78, 5) is 0. The van der Waals surface area contributed by atoms with Crippen molar-refractivity contribution in [2.75, 3.05) is 26.4 Å². The molecule has 8 heteroatoms. The zero-order chi connectivity index (χ0) is 25.1. The molecule has 0 unspecified atom stereocenters. The van der Waals surface area contributed by atoms with Crippen molar-refractivity contribution in [3.8, 4) is 0 Å². The largest absolute Gasteiger partial charge is 0.333 e. The smallest absolute Gasteiger partial charge is 0.311 e. The van der Waals surface area contributed by atoms with E-state index in [1.807, 2.05) is 12.1 Å². The Labute approximate surface area is 212 Å². The lowest BCUT2D eigenvalue weighted by atomic mass is 9.84. The van der Waals surface area contributed by atoms with Gasteiger partial charge in [-0.1, -0.05) is 90.1 Å². The van der Waals surface area contributed by atoms with Crippen molar-refractivity contribution in [1.82, 2.24) is 0 Å². The molecule has 2 aliphatic heterocycles. The van der Waals surface area contributed by atoms with Gasteiger partial charge in [0.15, 0.2) is 0 Å². The first-order valence-electron chi connectivity index (χ1n) is 12.1. The SMILES string of the molecule is CC(C)(C)c1ccccc1COP1OCC2(CO1)COP(OCc1ccccc1C(C)(C)C)OC2. The van der Waals surface area contributed by atoms with E-state index < -0.39 is 17.2 Å². The van der Waals surface area contributed by atoms with Crippen LogP contribution in [0.1, 0.15) is 63.8 Å². The average Bonchev–Trinajstić information content (AvgIpc) is 2.83. The average molecular weight is 521 g/mol. The lowest BCUT2D eigenvalue weighted by Gasteiger charge is -2.41. The summed E-state index contributed by atoms with van der Waals surface area (Å²) in [6, 6.07) is 16.7. The molecule has 0 amide bonds. The van der Waals surface area contributed by atoms with Crippen LogP contribution in [0.15, 0.2) is 48.5 Å². The van der Waals surface area contributed by atoms with Gasteiger partial charge in [-0.05, 0) is 33.1 Å². The third-order valence-electron chi connectivity index (χ3n) is 6.21. The van der Waals surface area contributed by atoms with E-state index >= 15 is 0 Å². The van der Waals surface area contributed by atoms with E-state index in [0.717, 1.165) is 11.1 Å². The van der Waals surface area contributed by atoms with Crippen molar-refractivity contribution in [3.05, 3.63) is 70.8 Å². The van der Waals surface area contributed by atoms with Gasteiger partial charge in [-0.2, -0.15) is 0 Å². The van der Waals surface area contributed by atoms with Gasteiger partial charge in [0, 0.05) is 0 Å². The minimum absolute atomic E-state index is 0.0532. The lowest BCUT2D eigenvalue weighted by Crippen LogP contribution is -2.44. The maximum atomic E-state index is 6.00. The van der Waals surface area contributed by atoms with Crippen molar-refractivity contribution in [2.24, 2.45) is 5.41 Å². The molecule has 35 heavy (non-hydrogen) atoms. The standard InChI is InChI=1S/C27H38O6P2/c1-25(2,3)23-13-9-7-11-21(23)15-28-34-30-17-27(18-31-34)19-32-35(33-20-27)29-16-22-12-8-10-14-24(22)26(4,5)6/h7-14H,15-20H2,1-6H3. The number of rotatable bonds is 6. The monoisotopic (exact) mass is 520 g/mol. The molecule has 2 aromatic carbocycles. The van der Waals surface area contributed by atoms with Crippen molar-refractivity contribution in [3.63, 3.8) is 0 Å². The van der Waals surface area contributed by atoms with Gasteiger partial charge >= 0.3 is 17.2 Å². The Balaban J connectivity index is 1.23. The van der Waals surface area contributed by atoms with Gasteiger partial charge in [0.05, 0.1) is 45.1 Å². The normalized spacial score (nSPS) is 25.7. The Bertz CT molecular complexity index is 885. The van der Waals surface area contributed by atoms with Crippen LogP contribution in [-0.4, -0.2) is 26.4 Å². The van der Waals surface area contributed by atoms with Crippen LogP contribution < -0.4 is 0 Å². The highest BCUT2D eigenvalue weighted by Crippen LogP contribution is 2.53. The minimum atomic E-state index is -1.39. The molecule has 0 atom stereocenters. The third-order valence-corrected chi connectivity index (χ3v) is 8.25. The van der Waals surface area contributed by atoms with E-state index in [2.05, 4.69) is 77.9 Å². The van der Waals surface area contributed by atoms with Crippen molar-refractivity contribution >= 4 is 17.2 Å². The second kappa shape index (κ2) is 11.2. The molecule has 192 valence electrons. The molecule has 2 aromatic rings. The molecule has 0 aromatic heterocycles. The summed E-state index contributed by atoms with van der Waals surface area (Å²) in [5, 5.41) is 0. The first-order chi connectivity index (χ1) is 16.6. The first kappa shape index (κ1) is 27.1. The highest BCUT2D eigenvalue weighted by atomic mass is 31.2. The molecule has 0 saturated carbocycles. The second-order valence-corrected chi connectivity index (χ2v) is 13.8. The predicted molar refractivity (Wildman–Crippen MR) is 140 cm³/mol. The van der Waals surface area contributed by atoms with Crippen LogP contribution in [0.2, 0.25) is 0 Å². The quantitative estimate of drug-likeness (QED) is 0.367. The van der Waals surface area contributed by atoms with Crippen molar-refractivity contribution in [2.45, 2.75) is 65.6 Å². The van der Waals surface area contributed by atoms with Gasteiger partial charge < -0.3 is 27.1 Å². The second-order valence-electron chi connectivity index (χ2n) is 11.4. The highest BCUT2D eigenvalue weighted by Gasteiger charge is 2.44. The van der Waals surface area contributed by atoms with Crippen molar-refractivity contribution < 1.29 is 27.1 Å². The number of hydrogen-bond donors (Lipinski definition) is 0. The summed E-state index contributed by atoms with van der Waals surface area (Å²) in [6.07, 6.45) is 0. The fourth-order valence-electron chi connectivity index (χ4n) is 4.23. The molecule has 2 heterocycles. The summed E-state index contributed by atoms with van der Waals surface area (Å²) in [5.74, 6) is 0. The van der Waals surface area contributed by atoms with Gasteiger partial charge in [-0.25, -0.2) is 0 Å². The fraction of sp³-hybridized carbons (Fsp3) is 0.556. The molecule has 2 aliphatic rings. The Morgan fingerprint density at radius 2 is 0.971 bits per heavy atom. The van der Waals surface area contributed by atoms with E-state index in [9.17, 15) is 0 Å². The summed E-state index contributed by atoms with van der Waals surface area (Å²) < 4.78 is 35.9. The Morgan fingerprint density at radius 3 is 1.31 bits per heavy atom. The molecule has 0 N–H and O–H groups in total. The van der Waals surface area contributed by atoms with Crippen LogP contribution in [0.5, 0.6) is 0 Å². The predicted octanol–water partition coefficient (Wildman–Crippen LogP) is 7.55.